The maximum absolute atomic E-state index is 3.68. The highest BCUT2D eigenvalue weighted by atomic mass is 15.2. The first-order valence-electron chi connectivity index (χ1n) is 7.25. The standard InChI is InChI=1S/C16H24N2/c1-12-4-3-5-13(2)15(12)10-18-9-8-17-16(11-18)14-6-7-14/h3-5,14,16-17H,6-11H2,1-2H3. The van der Waals surface area contributed by atoms with E-state index in [-0.39, 0.29) is 0 Å². The van der Waals surface area contributed by atoms with E-state index in [1.54, 1.807) is 0 Å². The quantitative estimate of drug-likeness (QED) is 0.879. The number of aryl methyl sites for hydroxylation is 2. The second kappa shape index (κ2) is 5.02. The van der Waals surface area contributed by atoms with Crippen molar-refractivity contribution in [2.45, 2.75) is 39.3 Å². The topological polar surface area (TPSA) is 15.3 Å². The SMILES string of the molecule is Cc1cccc(C)c1CN1CCNC(C2CC2)C1. The van der Waals surface area contributed by atoms with Crippen LogP contribution >= 0.6 is 0 Å². The molecule has 0 radical (unpaired) electrons. The number of hydrogen-bond acceptors (Lipinski definition) is 2. The van der Waals surface area contributed by atoms with Gasteiger partial charge in [-0.3, -0.25) is 4.90 Å². The van der Waals surface area contributed by atoms with E-state index in [1.807, 2.05) is 0 Å². The Hall–Kier alpha value is -0.860. The summed E-state index contributed by atoms with van der Waals surface area (Å²) in [6, 6.07) is 7.40. The van der Waals surface area contributed by atoms with Crippen molar-refractivity contribution in [1.82, 2.24) is 10.2 Å². The average molecular weight is 244 g/mol. The highest BCUT2D eigenvalue weighted by molar-refractivity contribution is 5.33. The van der Waals surface area contributed by atoms with Gasteiger partial charge in [-0.1, -0.05) is 18.2 Å². The zero-order valence-electron chi connectivity index (χ0n) is 11.6. The van der Waals surface area contributed by atoms with Crippen LogP contribution in [0.2, 0.25) is 0 Å². The van der Waals surface area contributed by atoms with Crippen molar-refractivity contribution in [3.63, 3.8) is 0 Å². The minimum atomic E-state index is 0.753. The number of nitrogens with zero attached hydrogens (tertiary/aromatic N) is 1. The molecule has 1 aliphatic heterocycles. The summed E-state index contributed by atoms with van der Waals surface area (Å²) in [7, 11) is 0. The molecule has 0 bridgehead atoms. The molecular weight excluding hydrogens is 220 g/mol. The van der Waals surface area contributed by atoms with Gasteiger partial charge in [0.15, 0.2) is 0 Å². The Morgan fingerprint density at radius 2 is 1.94 bits per heavy atom. The number of piperazine rings is 1. The lowest BCUT2D eigenvalue weighted by molar-refractivity contribution is 0.181. The summed E-state index contributed by atoms with van der Waals surface area (Å²) in [4.78, 5) is 2.63. The van der Waals surface area contributed by atoms with Crippen molar-refractivity contribution < 1.29 is 0 Å². The minimum absolute atomic E-state index is 0.753. The molecule has 1 unspecified atom stereocenters. The number of benzene rings is 1. The third kappa shape index (κ3) is 2.60. The molecule has 1 aromatic carbocycles. The molecule has 1 N–H and O–H groups in total. The first kappa shape index (κ1) is 12.2. The lowest BCUT2D eigenvalue weighted by Gasteiger charge is -2.34. The van der Waals surface area contributed by atoms with Gasteiger partial charge < -0.3 is 5.32 Å². The van der Waals surface area contributed by atoms with Gasteiger partial charge in [-0.2, -0.15) is 0 Å². The highest BCUT2D eigenvalue weighted by Crippen LogP contribution is 2.34. The van der Waals surface area contributed by atoms with Crippen LogP contribution in [0, 0.1) is 19.8 Å². The lowest BCUT2D eigenvalue weighted by atomic mass is 10.0. The predicted molar refractivity (Wildman–Crippen MR) is 75.7 cm³/mol. The lowest BCUT2D eigenvalue weighted by Crippen LogP contribution is -2.51. The highest BCUT2D eigenvalue weighted by Gasteiger charge is 2.33. The van der Waals surface area contributed by atoms with E-state index in [0.29, 0.717) is 0 Å². The molecule has 0 aromatic heterocycles. The van der Waals surface area contributed by atoms with Crippen molar-refractivity contribution in [3.8, 4) is 0 Å². The Balaban J connectivity index is 1.68. The summed E-state index contributed by atoms with van der Waals surface area (Å²) in [5.74, 6) is 0.964. The first-order valence-corrected chi connectivity index (χ1v) is 7.25. The second-order valence-electron chi connectivity index (χ2n) is 6.00. The van der Waals surface area contributed by atoms with Gasteiger partial charge in [0.2, 0.25) is 0 Å². The summed E-state index contributed by atoms with van der Waals surface area (Å²) < 4.78 is 0. The number of nitrogens with one attached hydrogen (secondary N) is 1. The Morgan fingerprint density at radius 1 is 1.22 bits per heavy atom. The average Bonchev–Trinajstić information content (AvgIpc) is 3.19. The Labute approximate surface area is 110 Å². The second-order valence-corrected chi connectivity index (χ2v) is 6.00. The molecule has 3 rings (SSSR count). The van der Waals surface area contributed by atoms with Gasteiger partial charge in [-0.05, 0) is 49.3 Å². The van der Waals surface area contributed by atoms with E-state index < -0.39 is 0 Å². The van der Waals surface area contributed by atoms with Crippen LogP contribution in [0.1, 0.15) is 29.5 Å². The smallest absolute Gasteiger partial charge is 0.0240 e. The van der Waals surface area contributed by atoms with Gasteiger partial charge in [0, 0.05) is 32.2 Å². The molecule has 2 fully saturated rings. The molecule has 98 valence electrons. The maximum Gasteiger partial charge on any atom is 0.0240 e. The van der Waals surface area contributed by atoms with Crippen LogP contribution in [-0.4, -0.2) is 30.6 Å². The first-order chi connectivity index (χ1) is 8.74. The molecule has 1 aromatic rings. The van der Waals surface area contributed by atoms with Crippen LogP contribution in [0.25, 0.3) is 0 Å². The van der Waals surface area contributed by atoms with Crippen molar-refractivity contribution in [2.75, 3.05) is 19.6 Å². The van der Waals surface area contributed by atoms with Gasteiger partial charge >= 0.3 is 0 Å². The van der Waals surface area contributed by atoms with Gasteiger partial charge in [0.05, 0.1) is 0 Å². The summed E-state index contributed by atoms with van der Waals surface area (Å²) >= 11 is 0. The zero-order valence-corrected chi connectivity index (χ0v) is 11.6. The third-order valence-corrected chi connectivity index (χ3v) is 4.51. The normalized spacial score (nSPS) is 25.3. The van der Waals surface area contributed by atoms with Gasteiger partial charge in [-0.25, -0.2) is 0 Å². The van der Waals surface area contributed by atoms with Crippen LogP contribution in [-0.2, 0) is 6.54 Å². The fraction of sp³-hybridized carbons (Fsp3) is 0.625. The molecule has 1 aliphatic carbocycles. The largest absolute Gasteiger partial charge is 0.311 e. The maximum atomic E-state index is 3.68. The molecule has 0 spiro atoms. The molecule has 1 saturated heterocycles. The predicted octanol–water partition coefficient (Wildman–Crippen LogP) is 2.49. The molecule has 2 heteroatoms. The van der Waals surface area contributed by atoms with Crippen LogP contribution in [0.15, 0.2) is 18.2 Å². The zero-order chi connectivity index (χ0) is 12.5. The van der Waals surface area contributed by atoms with Crippen LogP contribution in [0.3, 0.4) is 0 Å². The summed E-state index contributed by atoms with van der Waals surface area (Å²) in [5, 5.41) is 3.68. The van der Waals surface area contributed by atoms with Crippen LogP contribution < -0.4 is 5.32 Å². The van der Waals surface area contributed by atoms with Crippen molar-refractivity contribution in [3.05, 3.63) is 34.9 Å². The van der Waals surface area contributed by atoms with E-state index in [4.69, 9.17) is 0 Å². The van der Waals surface area contributed by atoms with E-state index >= 15 is 0 Å². The summed E-state index contributed by atoms with van der Waals surface area (Å²) in [6.07, 6.45) is 2.88. The van der Waals surface area contributed by atoms with Gasteiger partial charge in [-0.15, -0.1) is 0 Å². The Kier molecular flexibility index (Phi) is 3.40. The van der Waals surface area contributed by atoms with E-state index in [0.717, 1.165) is 25.0 Å². The Bertz CT molecular complexity index is 403. The molecule has 2 aliphatic rings. The molecule has 1 heterocycles. The van der Waals surface area contributed by atoms with E-state index in [1.165, 1.54) is 42.6 Å². The summed E-state index contributed by atoms with van der Waals surface area (Å²) in [5.41, 5.74) is 4.42. The number of hydrogen-bond donors (Lipinski definition) is 1. The molecular formula is C16H24N2. The fourth-order valence-corrected chi connectivity index (χ4v) is 3.12. The minimum Gasteiger partial charge on any atom is -0.311 e. The van der Waals surface area contributed by atoms with Gasteiger partial charge in [0.1, 0.15) is 0 Å². The summed E-state index contributed by atoms with van der Waals surface area (Å²) in [6.45, 7) is 9.19. The molecule has 1 atom stereocenters. The Morgan fingerprint density at radius 3 is 2.61 bits per heavy atom. The monoisotopic (exact) mass is 244 g/mol. The molecule has 2 nitrogen and oxygen atoms in total. The van der Waals surface area contributed by atoms with Crippen molar-refractivity contribution >= 4 is 0 Å². The molecule has 18 heavy (non-hydrogen) atoms. The van der Waals surface area contributed by atoms with E-state index in [9.17, 15) is 0 Å². The molecule has 1 saturated carbocycles. The fourth-order valence-electron chi connectivity index (χ4n) is 3.12. The van der Waals surface area contributed by atoms with Gasteiger partial charge in [0.25, 0.3) is 0 Å². The number of rotatable bonds is 3. The van der Waals surface area contributed by atoms with Crippen LogP contribution in [0.4, 0.5) is 0 Å². The van der Waals surface area contributed by atoms with Crippen LogP contribution in [0.5, 0.6) is 0 Å². The molecule has 0 amide bonds. The van der Waals surface area contributed by atoms with Crippen molar-refractivity contribution in [1.29, 1.82) is 0 Å². The third-order valence-electron chi connectivity index (χ3n) is 4.51. The van der Waals surface area contributed by atoms with E-state index in [2.05, 4.69) is 42.3 Å². The van der Waals surface area contributed by atoms with Crippen molar-refractivity contribution in [2.24, 2.45) is 5.92 Å².